The summed E-state index contributed by atoms with van der Waals surface area (Å²) in [6.45, 7) is 0. The number of nitro benzene ring substituents is 1. The third-order valence-corrected chi connectivity index (χ3v) is 5.42. The van der Waals surface area contributed by atoms with E-state index >= 15 is 0 Å². The maximum absolute atomic E-state index is 12.7. The molecule has 0 saturated heterocycles. The first-order valence-electron chi connectivity index (χ1n) is 8.65. The summed E-state index contributed by atoms with van der Waals surface area (Å²) in [6.07, 6.45) is 0. The molecule has 0 unspecified atom stereocenters. The van der Waals surface area contributed by atoms with Gasteiger partial charge in [-0.25, -0.2) is 4.98 Å². The molecular formula is C21H15N3O4S. The van der Waals surface area contributed by atoms with Gasteiger partial charge in [-0.1, -0.05) is 24.3 Å². The van der Waals surface area contributed by atoms with E-state index in [0.717, 1.165) is 10.2 Å². The van der Waals surface area contributed by atoms with E-state index < -0.39 is 10.8 Å². The molecule has 4 rings (SSSR count). The molecule has 3 aromatic carbocycles. The van der Waals surface area contributed by atoms with Gasteiger partial charge in [0.2, 0.25) is 0 Å². The number of nitrogens with zero attached hydrogens (tertiary/aromatic N) is 2. The number of anilines is 1. The van der Waals surface area contributed by atoms with Gasteiger partial charge in [-0.15, -0.1) is 11.3 Å². The summed E-state index contributed by atoms with van der Waals surface area (Å²) in [5.74, 6) is -0.109. The fourth-order valence-electron chi connectivity index (χ4n) is 2.95. The zero-order chi connectivity index (χ0) is 20.4. The standard InChI is InChI=1S/C21H15N3O4S/c1-28-18-8-4-2-6-14(18)20(25)22-16-12-13(10-11-17(16)24(26)27)21-23-15-7-3-5-9-19(15)29-21/h2-12H,1H3,(H,22,25). The van der Waals surface area contributed by atoms with Crippen LogP contribution in [-0.4, -0.2) is 22.9 Å². The second-order valence-electron chi connectivity index (χ2n) is 6.13. The molecule has 1 aromatic heterocycles. The van der Waals surface area contributed by atoms with E-state index in [1.165, 1.54) is 24.5 Å². The molecule has 144 valence electrons. The second-order valence-corrected chi connectivity index (χ2v) is 7.16. The SMILES string of the molecule is COc1ccccc1C(=O)Nc1cc(-c2nc3ccccc3s2)ccc1[N+](=O)[O-]. The van der Waals surface area contributed by atoms with Gasteiger partial charge < -0.3 is 10.1 Å². The molecule has 29 heavy (non-hydrogen) atoms. The summed E-state index contributed by atoms with van der Waals surface area (Å²) in [5.41, 5.74) is 1.73. The molecule has 0 spiro atoms. The van der Waals surface area contributed by atoms with E-state index in [1.54, 1.807) is 36.4 Å². The van der Waals surface area contributed by atoms with Crippen molar-refractivity contribution in [2.24, 2.45) is 0 Å². The number of aromatic nitrogens is 1. The van der Waals surface area contributed by atoms with Crippen LogP contribution in [-0.2, 0) is 0 Å². The normalized spacial score (nSPS) is 10.7. The van der Waals surface area contributed by atoms with Gasteiger partial charge in [0.1, 0.15) is 16.4 Å². The predicted octanol–water partition coefficient (Wildman–Crippen LogP) is 5.13. The van der Waals surface area contributed by atoms with Crippen molar-refractivity contribution < 1.29 is 14.5 Å². The number of fused-ring (bicyclic) bond motifs is 1. The number of ether oxygens (including phenoxy) is 1. The third kappa shape index (κ3) is 3.65. The van der Waals surface area contributed by atoms with Gasteiger partial charge >= 0.3 is 0 Å². The lowest BCUT2D eigenvalue weighted by atomic mass is 10.1. The highest BCUT2D eigenvalue weighted by Crippen LogP contribution is 2.35. The van der Waals surface area contributed by atoms with Gasteiger partial charge in [0.05, 0.1) is 27.8 Å². The third-order valence-electron chi connectivity index (χ3n) is 4.33. The fourth-order valence-corrected chi connectivity index (χ4v) is 3.91. The lowest BCUT2D eigenvalue weighted by Gasteiger charge is -2.10. The monoisotopic (exact) mass is 405 g/mol. The minimum absolute atomic E-state index is 0.0997. The Morgan fingerprint density at radius 3 is 2.62 bits per heavy atom. The molecular weight excluding hydrogens is 390 g/mol. The minimum Gasteiger partial charge on any atom is -0.496 e. The minimum atomic E-state index is -0.528. The van der Waals surface area contributed by atoms with Crippen LogP contribution in [0.4, 0.5) is 11.4 Å². The van der Waals surface area contributed by atoms with Gasteiger partial charge in [0.25, 0.3) is 11.6 Å². The van der Waals surface area contributed by atoms with Crippen LogP contribution >= 0.6 is 11.3 Å². The van der Waals surface area contributed by atoms with Crippen LogP contribution in [0.1, 0.15) is 10.4 Å². The van der Waals surface area contributed by atoms with E-state index in [-0.39, 0.29) is 16.9 Å². The van der Waals surface area contributed by atoms with Crippen LogP contribution in [0.3, 0.4) is 0 Å². The lowest BCUT2D eigenvalue weighted by molar-refractivity contribution is -0.383. The van der Waals surface area contributed by atoms with Gasteiger partial charge in [-0.05, 0) is 36.4 Å². The van der Waals surface area contributed by atoms with E-state index in [4.69, 9.17) is 4.74 Å². The molecule has 1 N–H and O–H groups in total. The number of methoxy groups -OCH3 is 1. The molecule has 0 radical (unpaired) electrons. The molecule has 7 nitrogen and oxygen atoms in total. The van der Waals surface area contributed by atoms with Crippen molar-refractivity contribution >= 4 is 38.8 Å². The smallest absolute Gasteiger partial charge is 0.292 e. The number of hydrogen-bond donors (Lipinski definition) is 1. The highest BCUT2D eigenvalue weighted by molar-refractivity contribution is 7.21. The number of para-hydroxylation sites is 2. The Morgan fingerprint density at radius 1 is 1.10 bits per heavy atom. The summed E-state index contributed by atoms with van der Waals surface area (Å²) in [6, 6.07) is 19.0. The Hall–Kier alpha value is -3.78. The quantitative estimate of drug-likeness (QED) is 0.367. The Labute approximate surface area is 169 Å². The molecule has 4 aromatic rings. The highest BCUT2D eigenvalue weighted by Gasteiger charge is 2.20. The first-order chi connectivity index (χ1) is 14.1. The molecule has 0 fully saturated rings. The van der Waals surface area contributed by atoms with Gasteiger partial charge in [-0.3, -0.25) is 14.9 Å². The summed E-state index contributed by atoms with van der Waals surface area (Å²) in [7, 11) is 1.46. The van der Waals surface area contributed by atoms with Crippen molar-refractivity contribution in [3.63, 3.8) is 0 Å². The highest BCUT2D eigenvalue weighted by atomic mass is 32.1. The number of nitrogens with one attached hydrogen (secondary N) is 1. The predicted molar refractivity (Wildman–Crippen MR) is 113 cm³/mol. The van der Waals surface area contributed by atoms with Crippen molar-refractivity contribution in [2.75, 3.05) is 12.4 Å². The number of rotatable bonds is 5. The molecule has 0 bridgehead atoms. The zero-order valence-electron chi connectivity index (χ0n) is 15.3. The first kappa shape index (κ1) is 18.6. The molecule has 0 aliphatic rings. The number of benzene rings is 3. The largest absolute Gasteiger partial charge is 0.496 e. The Balaban J connectivity index is 1.74. The topological polar surface area (TPSA) is 94.4 Å². The van der Waals surface area contributed by atoms with Crippen LogP contribution in [0, 0.1) is 10.1 Å². The molecule has 0 aliphatic carbocycles. The molecule has 0 aliphatic heterocycles. The average Bonchev–Trinajstić information content (AvgIpc) is 3.17. The molecule has 1 heterocycles. The molecule has 0 saturated carbocycles. The molecule has 1 amide bonds. The van der Waals surface area contributed by atoms with E-state index in [1.807, 2.05) is 24.3 Å². The lowest BCUT2D eigenvalue weighted by Crippen LogP contribution is -2.14. The van der Waals surface area contributed by atoms with Crippen molar-refractivity contribution in [3.05, 3.63) is 82.4 Å². The second kappa shape index (κ2) is 7.69. The Bertz CT molecular complexity index is 1200. The van der Waals surface area contributed by atoms with Crippen LogP contribution in [0.5, 0.6) is 5.75 Å². The average molecular weight is 405 g/mol. The van der Waals surface area contributed by atoms with Crippen molar-refractivity contribution in [2.45, 2.75) is 0 Å². The first-order valence-corrected chi connectivity index (χ1v) is 9.47. The van der Waals surface area contributed by atoms with E-state index in [9.17, 15) is 14.9 Å². The summed E-state index contributed by atoms with van der Waals surface area (Å²) < 4.78 is 6.22. The van der Waals surface area contributed by atoms with Crippen LogP contribution < -0.4 is 10.1 Å². The number of carbonyl (C=O) groups is 1. The van der Waals surface area contributed by atoms with Crippen LogP contribution in [0.2, 0.25) is 0 Å². The maximum atomic E-state index is 12.7. The summed E-state index contributed by atoms with van der Waals surface area (Å²) >= 11 is 1.48. The number of carbonyl (C=O) groups excluding carboxylic acids is 1. The molecule has 8 heteroatoms. The zero-order valence-corrected chi connectivity index (χ0v) is 16.1. The van der Waals surface area contributed by atoms with Crippen LogP contribution in [0.25, 0.3) is 20.8 Å². The van der Waals surface area contributed by atoms with Crippen molar-refractivity contribution in [3.8, 4) is 16.3 Å². The van der Waals surface area contributed by atoms with Gasteiger partial charge in [-0.2, -0.15) is 0 Å². The number of nitro groups is 1. The van der Waals surface area contributed by atoms with Crippen LogP contribution in [0.15, 0.2) is 66.7 Å². The Morgan fingerprint density at radius 2 is 1.86 bits per heavy atom. The van der Waals surface area contributed by atoms with Gasteiger partial charge in [0, 0.05) is 11.6 Å². The number of amides is 1. The summed E-state index contributed by atoms with van der Waals surface area (Å²) in [4.78, 5) is 28.3. The van der Waals surface area contributed by atoms with E-state index in [0.29, 0.717) is 16.3 Å². The maximum Gasteiger partial charge on any atom is 0.292 e. The number of hydrogen-bond acceptors (Lipinski definition) is 6. The molecule has 0 atom stereocenters. The van der Waals surface area contributed by atoms with Crippen molar-refractivity contribution in [1.29, 1.82) is 0 Å². The number of thiazole rings is 1. The van der Waals surface area contributed by atoms with Gasteiger partial charge in [0.15, 0.2) is 0 Å². The Kier molecular flexibility index (Phi) is 4.92. The fraction of sp³-hybridized carbons (Fsp3) is 0.0476. The van der Waals surface area contributed by atoms with E-state index in [2.05, 4.69) is 10.3 Å². The van der Waals surface area contributed by atoms with Crippen molar-refractivity contribution in [1.82, 2.24) is 4.98 Å². The summed E-state index contributed by atoms with van der Waals surface area (Å²) in [5, 5.41) is 14.8.